The van der Waals surface area contributed by atoms with Crippen LogP contribution in [0.4, 0.5) is 0 Å². The van der Waals surface area contributed by atoms with E-state index in [0.29, 0.717) is 0 Å². The lowest BCUT2D eigenvalue weighted by Crippen LogP contribution is -1.83. The monoisotopic (exact) mass is 160 g/mol. The topological polar surface area (TPSA) is 38.9 Å². The van der Waals surface area contributed by atoms with Crippen molar-refractivity contribution in [1.29, 1.82) is 0 Å². The van der Waals surface area contributed by atoms with Gasteiger partial charge in [0.05, 0.1) is 5.69 Å². The number of hydrogen-bond acceptors (Lipinski definition) is 3. The highest BCUT2D eigenvalue weighted by Gasteiger charge is 2.00. The van der Waals surface area contributed by atoms with Crippen molar-refractivity contribution in [3.8, 4) is 11.4 Å². The van der Waals surface area contributed by atoms with Gasteiger partial charge in [0.2, 0.25) is 0 Å². The van der Waals surface area contributed by atoms with Crippen LogP contribution >= 0.6 is 0 Å². The Hall–Kier alpha value is -1.64. The third kappa shape index (κ3) is 1.21. The number of aryl methyl sites for hydroxylation is 1. The lowest BCUT2D eigenvalue weighted by molar-refractivity contribution is 0.422. The SMILES string of the molecule is Cc1ccnc(-c2ccon2)c1. The van der Waals surface area contributed by atoms with E-state index in [1.807, 2.05) is 19.1 Å². The minimum absolute atomic E-state index is 0.777. The number of pyridine rings is 1. The van der Waals surface area contributed by atoms with Gasteiger partial charge >= 0.3 is 0 Å². The van der Waals surface area contributed by atoms with Crippen LogP contribution in [0.25, 0.3) is 11.4 Å². The summed E-state index contributed by atoms with van der Waals surface area (Å²) in [6, 6.07) is 5.71. The minimum atomic E-state index is 0.777. The third-order valence-electron chi connectivity index (χ3n) is 1.62. The summed E-state index contributed by atoms with van der Waals surface area (Å²) >= 11 is 0. The summed E-state index contributed by atoms with van der Waals surface area (Å²) < 4.78 is 4.72. The number of nitrogens with zero attached hydrogens (tertiary/aromatic N) is 2. The fourth-order valence-corrected chi connectivity index (χ4v) is 1.02. The second-order valence-corrected chi connectivity index (χ2v) is 2.60. The molecule has 0 atom stereocenters. The summed E-state index contributed by atoms with van der Waals surface area (Å²) in [5, 5.41) is 3.79. The molecule has 2 aromatic heterocycles. The number of aromatic nitrogens is 2. The molecule has 12 heavy (non-hydrogen) atoms. The number of hydrogen-bond donors (Lipinski definition) is 0. The Bertz CT molecular complexity index is 368. The van der Waals surface area contributed by atoms with Gasteiger partial charge in [-0.25, -0.2) is 0 Å². The molecular formula is C9H8N2O. The Kier molecular flexibility index (Phi) is 1.63. The first-order chi connectivity index (χ1) is 5.86. The zero-order valence-corrected chi connectivity index (χ0v) is 6.69. The predicted molar refractivity (Wildman–Crippen MR) is 44.5 cm³/mol. The Balaban J connectivity index is 2.48. The van der Waals surface area contributed by atoms with Crippen LogP contribution in [0.1, 0.15) is 5.56 Å². The molecule has 2 heterocycles. The van der Waals surface area contributed by atoms with Crippen LogP contribution in [0, 0.1) is 6.92 Å². The molecule has 0 spiro atoms. The molecule has 0 amide bonds. The van der Waals surface area contributed by atoms with Crippen molar-refractivity contribution in [2.75, 3.05) is 0 Å². The van der Waals surface area contributed by atoms with Crippen molar-refractivity contribution in [2.24, 2.45) is 0 Å². The van der Waals surface area contributed by atoms with Gasteiger partial charge in [-0.3, -0.25) is 4.98 Å². The molecule has 0 saturated heterocycles. The Morgan fingerprint density at radius 1 is 1.25 bits per heavy atom. The van der Waals surface area contributed by atoms with E-state index >= 15 is 0 Å². The molecule has 3 nitrogen and oxygen atoms in total. The van der Waals surface area contributed by atoms with E-state index in [1.165, 1.54) is 5.56 Å². The Morgan fingerprint density at radius 2 is 2.17 bits per heavy atom. The zero-order chi connectivity index (χ0) is 8.39. The van der Waals surface area contributed by atoms with Crippen molar-refractivity contribution in [2.45, 2.75) is 6.92 Å². The highest BCUT2D eigenvalue weighted by atomic mass is 16.5. The van der Waals surface area contributed by atoms with Gasteiger partial charge < -0.3 is 4.52 Å². The third-order valence-corrected chi connectivity index (χ3v) is 1.62. The van der Waals surface area contributed by atoms with E-state index in [-0.39, 0.29) is 0 Å². The molecule has 0 fully saturated rings. The van der Waals surface area contributed by atoms with Crippen LogP contribution in [0.15, 0.2) is 35.2 Å². The first-order valence-corrected chi connectivity index (χ1v) is 3.70. The summed E-state index contributed by atoms with van der Waals surface area (Å²) in [5.41, 5.74) is 2.80. The quantitative estimate of drug-likeness (QED) is 0.640. The molecule has 2 aromatic rings. The van der Waals surface area contributed by atoms with Crippen LogP contribution in [0.5, 0.6) is 0 Å². The molecule has 0 saturated carbocycles. The summed E-state index contributed by atoms with van der Waals surface area (Å²) in [7, 11) is 0. The molecule has 0 radical (unpaired) electrons. The molecule has 0 unspecified atom stereocenters. The first-order valence-electron chi connectivity index (χ1n) is 3.70. The fourth-order valence-electron chi connectivity index (χ4n) is 1.02. The van der Waals surface area contributed by atoms with Gasteiger partial charge in [-0.15, -0.1) is 0 Å². The van der Waals surface area contributed by atoms with Gasteiger partial charge in [0, 0.05) is 12.3 Å². The van der Waals surface area contributed by atoms with Crippen molar-refractivity contribution < 1.29 is 4.52 Å². The van der Waals surface area contributed by atoms with Gasteiger partial charge in [0.1, 0.15) is 12.0 Å². The Labute approximate surface area is 70.0 Å². The fraction of sp³-hybridized carbons (Fsp3) is 0.111. The van der Waals surface area contributed by atoms with E-state index in [9.17, 15) is 0 Å². The van der Waals surface area contributed by atoms with Crippen LogP contribution < -0.4 is 0 Å². The van der Waals surface area contributed by atoms with E-state index in [1.54, 1.807) is 18.5 Å². The van der Waals surface area contributed by atoms with Gasteiger partial charge in [-0.2, -0.15) is 0 Å². The molecule has 3 heteroatoms. The van der Waals surface area contributed by atoms with E-state index in [0.717, 1.165) is 11.4 Å². The van der Waals surface area contributed by atoms with Crippen molar-refractivity contribution in [1.82, 2.24) is 10.1 Å². The molecule has 0 N–H and O–H groups in total. The van der Waals surface area contributed by atoms with Gasteiger partial charge in [0.25, 0.3) is 0 Å². The zero-order valence-electron chi connectivity index (χ0n) is 6.69. The molecule has 0 aliphatic rings. The van der Waals surface area contributed by atoms with Crippen molar-refractivity contribution >= 4 is 0 Å². The maximum absolute atomic E-state index is 4.72. The minimum Gasteiger partial charge on any atom is -0.364 e. The van der Waals surface area contributed by atoms with Crippen LogP contribution in [0.3, 0.4) is 0 Å². The molecule has 0 aromatic carbocycles. The maximum atomic E-state index is 4.72. The lowest BCUT2D eigenvalue weighted by atomic mass is 10.2. The molecule has 60 valence electrons. The van der Waals surface area contributed by atoms with Gasteiger partial charge in [0.15, 0.2) is 0 Å². The van der Waals surface area contributed by atoms with Crippen LogP contribution in [-0.2, 0) is 0 Å². The lowest BCUT2D eigenvalue weighted by Gasteiger charge is -1.94. The van der Waals surface area contributed by atoms with E-state index < -0.39 is 0 Å². The number of rotatable bonds is 1. The Morgan fingerprint density at radius 3 is 2.83 bits per heavy atom. The van der Waals surface area contributed by atoms with E-state index in [4.69, 9.17) is 4.52 Å². The summed E-state index contributed by atoms with van der Waals surface area (Å²) in [6.45, 7) is 2.02. The molecule has 0 aliphatic carbocycles. The highest BCUT2D eigenvalue weighted by molar-refractivity contribution is 5.53. The van der Waals surface area contributed by atoms with Crippen LogP contribution in [-0.4, -0.2) is 10.1 Å². The summed E-state index contributed by atoms with van der Waals surface area (Å²) in [6.07, 6.45) is 3.30. The first kappa shape index (κ1) is 7.03. The van der Waals surface area contributed by atoms with Crippen molar-refractivity contribution in [3.63, 3.8) is 0 Å². The van der Waals surface area contributed by atoms with Gasteiger partial charge in [-0.05, 0) is 24.6 Å². The maximum Gasteiger partial charge on any atom is 0.132 e. The largest absolute Gasteiger partial charge is 0.364 e. The average Bonchev–Trinajstić information content (AvgIpc) is 2.56. The molecule has 2 rings (SSSR count). The second kappa shape index (κ2) is 2.77. The molecule has 0 aliphatic heterocycles. The average molecular weight is 160 g/mol. The summed E-state index contributed by atoms with van der Waals surface area (Å²) in [4.78, 5) is 4.16. The second-order valence-electron chi connectivity index (χ2n) is 2.60. The predicted octanol–water partition coefficient (Wildman–Crippen LogP) is 2.05. The van der Waals surface area contributed by atoms with E-state index in [2.05, 4.69) is 10.1 Å². The van der Waals surface area contributed by atoms with Crippen LogP contribution in [0.2, 0.25) is 0 Å². The molecule has 0 bridgehead atoms. The van der Waals surface area contributed by atoms with Crippen molar-refractivity contribution in [3.05, 3.63) is 36.2 Å². The van der Waals surface area contributed by atoms with Gasteiger partial charge in [-0.1, -0.05) is 5.16 Å². The smallest absolute Gasteiger partial charge is 0.132 e. The standard InChI is InChI=1S/C9H8N2O/c1-7-2-4-10-9(6-7)8-3-5-12-11-8/h2-6H,1H3. The molecular weight excluding hydrogens is 152 g/mol. The summed E-state index contributed by atoms with van der Waals surface area (Å²) in [5.74, 6) is 0. The highest BCUT2D eigenvalue weighted by Crippen LogP contribution is 2.14. The normalized spacial score (nSPS) is 10.1.